The number of rotatable bonds is 10. The molecule has 0 bridgehead atoms. The van der Waals surface area contributed by atoms with Crippen LogP contribution in [-0.2, 0) is 41.9 Å². The maximum atomic E-state index is 12.2. The van der Waals surface area contributed by atoms with Crippen LogP contribution in [0.25, 0.3) is 0 Å². The summed E-state index contributed by atoms with van der Waals surface area (Å²) < 4.78 is 9.86. The molecule has 2 atom stereocenters. The molecular formula is C23H24N2O7. The average Bonchev–Trinajstić information content (AvgIpc) is 2.81. The van der Waals surface area contributed by atoms with E-state index in [0.29, 0.717) is 5.56 Å². The van der Waals surface area contributed by atoms with E-state index in [0.717, 1.165) is 5.56 Å². The highest BCUT2D eigenvalue weighted by Gasteiger charge is 2.31. The van der Waals surface area contributed by atoms with Gasteiger partial charge in [-0.25, -0.2) is 9.59 Å². The summed E-state index contributed by atoms with van der Waals surface area (Å²) in [5.74, 6) is -4.55. The number of carbonyl (C=O) groups excluding carboxylic acids is 5. The number of benzene rings is 2. The molecule has 0 aliphatic rings. The fourth-order valence-electron chi connectivity index (χ4n) is 2.50. The van der Waals surface area contributed by atoms with Crippen LogP contribution in [0.3, 0.4) is 0 Å². The van der Waals surface area contributed by atoms with Gasteiger partial charge in [0, 0.05) is 0 Å². The van der Waals surface area contributed by atoms with Crippen molar-refractivity contribution in [3.8, 4) is 0 Å². The Morgan fingerprint density at radius 2 is 1.22 bits per heavy atom. The molecule has 2 N–H and O–H groups in total. The molecule has 2 aromatic rings. The number of carbonyl (C=O) groups is 5. The lowest BCUT2D eigenvalue weighted by atomic mass is 10.1. The summed E-state index contributed by atoms with van der Waals surface area (Å²) in [4.78, 5) is 60.0. The van der Waals surface area contributed by atoms with E-state index >= 15 is 0 Å². The van der Waals surface area contributed by atoms with Gasteiger partial charge in [-0.15, -0.1) is 0 Å². The second-order valence-corrected chi connectivity index (χ2v) is 6.91. The van der Waals surface area contributed by atoms with E-state index < -0.39 is 41.6 Å². The Labute approximate surface area is 185 Å². The SMILES string of the molecule is C[C@H](NC(=O)OCc1ccccc1)C(=O)N[C@@H](C)C(=O)C(=O)C(=O)OCc1ccccc1. The summed E-state index contributed by atoms with van der Waals surface area (Å²) in [6.45, 7) is 2.50. The quantitative estimate of drug-likeness (QED) is 0.327. The number of ketones is 2. The largest absolute Gasteiger partial charge is 0.455 e. The van der Waals surface area contributed by atoms with Gasteiger partial charge in [0.25, 0.3) is 0 Å². The third-order valence-electron chi connectivity index (χ3n) is 4.31. The molecule has 32 heavy (non-hydrogen) atoms. The van der Waals surface area contributed by atoms with Crippen molar-refractivity contribution in [2.45, 2.75) is 39.1 Å². The highest BCUT2D eigenvalue weighted by Crippen LogP contribution is 2.03. The first-order valence-electron chi connectivity index (χ1n) is 9.84. The summed E-state index contributed by atoms with van der Waals surface area (Å²) in [5, 5.41) is 4.60. The van der Waals surface area contributed by atoms with Crippen LogP contribution < -0.4 is 10.6 Å². The molecule has 168 valence electrons. The number of nitrogens with one attached hydrogen (secondary N) is 2. The molecule has 0 fully saturated rings. The number of esters is 1. The smallest absolute Gasteiger partial charge is 0.408 e. The van der Waals surface area contributed by atoms with Crippen molar-refractivity contribution in [1.82, 2.24) is 10.6 Å². The van der Waals surface area contributed by atoms with E-state index in [4.69, 9.17) is 9.47 Å². The number of alkyl carbamates (subject to hydrolysis) is 1. The van der Waals surface area contributed by atoms with Crippen LogP contribution in [0, 0.1) is 0 Å². The van der Waals surface area contributed by atoms with Crippen LogP contribution in [0.15, 0.2) is 60.7 Å². The minimum Gasteiger partial charge on any atom is -0.455 e. The normalized spacial score (nSPS) is 12.1. The van der Waals surface area contributed by atoms with Crippen molar-refractivity contribution in [2.75, 3.05) is 0 Å². The first-order valence-corrected chi connectivity index (χ1v) is 9.84. The highest BCUT2D eigenvalue weighted by atomic mass is 16.5. The topological polar surface area (TPSA) is 128 Å². The Kier molecular flexibility index (Phi) is 9.09. The number of hydrogen-bond acceptors (Lipinski definition) is 7. The second-order valence-electron chi connectivity index (χ2n) is 6.91. The van der Waals surface area contributed by atoms with E-state index in [1.807, 2.05) is 6.07 Å². The number of hydrogen-bond donors (Lipinski definition) is 2. The molecular weight excluding hydrogens is 416 g/mol. The van der Waals surface area contributed by atoms with Gasteiger partial charge in [-0.3, -0.25) is 14.4 Å². The van der Waals surface area contributed by atoms with Crippen molar-refractivity contribution in [3.05, 3.63) is 71.8 Å². The first-order chi connectivity index (χ1) is 15.3. The van der Waals surface area contributed by atoms with Crippen molar-refractivity contribution in [3.63, 3.8) is 0 Å². The third-order valence-corrected chi connectivity index (χ3v) is 4.31. The molecule has 0 spiro atoms. The van der Waals surface area contributed by atoms with Gasteiger partial charge in [0.05, 0.1) is 6.04 Å². The van der Waals surface area contributed by atoms with Crippen LogP contribution in [0.4, 0.5) is 4.79 Å². The Morgan fingerprint density at radius 3 is 1.75 bits per heavy atom. The third kappa shape index (κ3) is 7.67. The zero-order valence-electron chi connectivity index (χ0n) is 17.7. The van der Waals surface area contributed by atoms with Crippen molar-refractivity contribution in [1.29, 1.82) is 0 Å². The van der Waals surface area contributed by atoms with Crippen LogP contribution in [0.5, 0.6) is 0 Å². The standard InChI is InChI=1S/C23H24N2O7/c1-15(19(26)20(27)22(29)31-13-17-9-5-3-6-10-17)24-21(28)16(2)25-23(30)32-14-18-11-7-4-8-12-18/h3-12,15-16H,13-14H2,1-2H3,(H,24,28)(H,25,30)/t15-,16-/m0/s1. The average molecular weight is 440 g/mol. The van der Waals surface area contributed by atoms with E-state index in [1.165, 1.54) is 13.8 Å². The van der Waals surface area contributed by atoms with Crippen molar-refractivity contribution in [2.24, 2.45) is 0 Å². The molecule has 0 aromatic heterocycles. The molecule has 9 nitrogen and oxygen atoms in total. The molecule has 2 rings (SSSR count). The minimum atomic E-state index is -1.38. The lowest BCUT2D eigenvalue weighted by Crippen LogP contribution is -2.51. The van der Waals surface area contributed by atoms with Gasteiger partial charge in [-0.05, 0) is 25.0 Å². The summed E-state index contributed by atoms with van der Waals surface area (Å²) in [6, 6.07) is 15.3. The Bertz CT molecular complexity index is 961. The monoisotopic (exact) mass is 440 g/mol. The molecule has 0 radical (unpaired) electrons. The molecule has 2 amide bonds. The summed E-state index contributed by atoms with van der Waals surface area (Å²) in [5.41, 5.74) is 1.43. The van der Waals surface area contributed by atoms with Crippen molar-refractivity contribution < 1.29 is 33.4 Å². The van der Waals surface area contributed by atoms with Crippen LogP contribution in [0.1, 0.15) is 25.0 Å². The molecule has 0 saturated carbocycles. The maximum Gasteiger partial charge on any atom is 0.408 e. The molecule has 0 aliphatic heterocycles. The van der Waals surface area contributed by atoms with Crippen LogP contribution in [-0.4, -0.2) is 41.6 Å². The van der Waals surface area contributed by atoms with Gasteiger partial charge in [0.1, 0.15) is 19.3 Å². The zero-order chi connectivity index (χ0) is 23.5. The van der Waals surface area contributed by atoms with E-state index in [9.17, 15) is 24.0 Å². The fourth-order valence-corrected chi connectivity index (χ4v) is 2.50. The predicted octanol–water partition coefficient (Wildman–Crippen LogP) is 1.69. The number of amides is 2. The molecule has 0 saturated heterocycles. The number of ether oxygens (including phenoxy) is 2. The van der Waals surface area contributed by atoms with Gasteiger partial charge >= 0.3 is 17.8 Å². The zero-order valence-corrected chi connectivity index (χ0v) is 17.7. The van der Waals surface area contributed by atoms with Gasteiger partial charge in [-0.2, -0.15) is 0 Å². The molecule has 0 aliphatic carbocycles. The van der Waals surface area contributed by atoms with Gasteiger partial charge in [0.15, 0.2) is 0 Å². The van der Waals surface area contributed by atoms with E-state index in [-0.39, 0.29) is 13.2 Å². The predicted molar refractivity (Wildman–Crippen MR) is 113 cm³/mol. The Morgan fingerprint density at radius 1 is 0.719 bits per heavy atom. The van der Waals surface area contributed by atoms with Gasteiger partial charge < -0.3 is 20.1 Å². The van der Waals surface area contributed by atoms with E-state index in [2.05, 4.69) is 10.6 Å². The molecule has 0 unspecified atom stereocenters. The summed E-state index contributed by atoms with van der Waals surface area (Å²) >= 11 is 0. The van der Waals surface area contributed by atoms with Crippen molar-refractivity contribution >= 4 is 29.5 Å². The summed E-state index contributed by atoms with van der Waals surface area (Å²) in [6.07, 6.45) is -0.823. The van der Waals surface area contributed by atoms with Gasteiger partial charge in [0.2, 0.25) is 11.7 Å². The Hall–Kier alpha value is -4.01. The van der Waals surface area contributed by atoms with Crippen LogP contribution in [0.2, 0.25) is 0 Å². The fraction of sp³-hybridized carbons (Fsp3) is 0.261. The van der Waals surface area contributed by atoms with Crippen LogP contribution >= 0.6 is 0 Å². The Balaban J connectivity index is 1.76. The van der Waals surface area contributed by atoms with E-state index in [1.54, 1.807) is 54.6 Å². The molecule has 0 heterocycles. The first kappa shape index (κ1) is 24.3. The maximum absolute atomic E-state index is 12.2. The second kappa shape index (κ2) is 12.0. The minimum absolute atomic E-state index is 0.0233. The number of Topliss-reactive ketones (excluding diaryl/α,β-unsaturated/α-hetero) is 2. The molecule has 2 aromatic carbocycles. The molecule has 9 heteroatoms. The highest BCUT2D eigenvalue weighted by molar-refractivity contribution is 6.63. The van der Waals surface area contributed by atoms with Gasteiger partial charge in [-0.1, -0.05) is 60.7 Å². The lowest BCUT2D eigenvalue weighted by molar-refractivity contribution is -0.158. The lowest BCUT2D eigenvalue weighted by Gasteiger charge is -2.17. The summed E-state index contributed by atoms with van der Waals surface area (Å²) in [7, 11) is 0.